The van der Waals surface area contributed by atoms with Crippen molar-refractivity contribution in [3.8, 4) is 11.4 Å². The summed E-state index contributed by atoms with van der Waals surface area (Å²) in [5, 5.41) is 7.51. The fourth-order valence-electron chi connectivity index (χ4n) is 1.72. The molecule has 0 amide bonds. The van der Waals surface area contributed by atoms with Gasteiger partial charge in [0.15, 0.2) is 11.6 Å². The normalized spacial score (nSPS) is 10.8. The summed E-state index contributed by atoms with van der Waals surface area (Å²) < 4.78 is 14.1. The Labute approximate surface area is 124 Å². The first kappa shape index (κ1) is 13.6. The largest absolute Gasteiger partial charge is 0.265 e. The predicted molar refractivity (Wildman–Crippen MR) is 75.1 cm³/mol. The van der Waals surface area contributed by atoms with E-state index < -0.39 is 5.82 Å². The van der Waals surface area contributed by atoms with E-state index in [0.717, 1.165) is 17.3 Å². The molecule has 3 aromatic heterocycles. The first-order valence-electron chi connectivity index (χ1n) is 6.28. The van der Waals surface area contributed by atoms with Crippen LogP contribution in [0.2, 0.25) is 0 Å². The van der Waals surface area contributed by atoms with Gasteiger partial charge in [0.05, 0.1) is 5.69 Å². The maximum absolute atomic E-state index is 14.1. The molecule has 3 rings (SSSR count). The molecule has 0 aliphatic rings. The van der Waals surface area contributed by atoms with Crippen LogP contribution in [0.1, 0.15) is 12.6 Å². The summed E-state index contributed by atoms with van der Waals surface area (Å²) in [6.45, 7) is 1.84. The van der Waals surface area contributed by atoms with Crippen LogP contribution in [0.25, 0.3) is 11.4 Å². The van der Waals surface area contributed by atoms with Gasteiger partial charge in [0.1, 0.15) is 11.4 Å². The van der Waals surface area contributed by atoms with Crippen molar-refractivity contribution in [3.05, 3.63) is 42.4 Å². The average molecular weight is 302 g/mol. The Morgan fingerprint density at radius 2 is 2.05 bits per heavy atom. The third-order valence-electron chi connectivity index (χ3n) is 2.77. The van der Waals surface area contributed by atoms with Crippen LogP contribution in [-0.4, -0.2) is 30.1 Å². The highest BCUT2D eigenvalue weighted by atomic mass is 32.2. The fraction of sp³-hybridized carbons (Fsp3) is 0.154. The van der Waals surface area contributed by atoms with Gasteiger partial charge in [0, 0.05) is 18.0 Å². The first-order chi connectivity index (χ1) is 10.3. The Balaban J connectivity index is 1.85. The van der Waals surface area contributed by atoms with Crippen LogP contribution in [0.3, 0.4) is 0 Å². The fourth-order valence-corrected chi connectivity index (χ4v) is 2.43. The van der Waals surface area contributed by atoms with E-state index in [9.17, 15) is 4.39 Å². The van der Waals surface area contributed by atoms with Crippen molar-refractivity contribution >= 4 is 11.8 Å². The van der Waals surface area contributed by atoms with Gasteiger partial charge < -0.3 is 0 Å². The summed E-state index contributed by atoms with van der Waals surface area (Å²) in [6.07, 6.45) is 5.20. The summed E-state index contributed by atoms with van der Waals surface area (Å²) in [6, 6.07) is 3.63. The van der Waals surface area contributed by atoms with Crippen LogP contribution in [0.15, 0.2) is 41.0 Å². The lowest BCUT2D eigenvalue weighted by molar-refractivity contribution is 0.559. The topological polar surface area (TPSA) is 80.2 Å². The summed E-state index contributed by atoms with van der Waals surface area (Å²) in [4.78, 5) is 16.1. The van der Waals surface area contributed by atoms with E-state index in [1.54, 1.807) is 12.4 Å². The maximum Gasteiger partial charge on any atom is 0.215 e. The molecule has 0 saturated carbocycles. The summed E-state index contributed by atoms with van der Waals surface area (Å²) in [7, 11) is 0. The van der Waals surface area contributed by atoms with Gasteiger partial charge in [-0.25, -0.2) is 19.3 Å². The number of hydrogen-bond donors (Lipinski definition) is 1. The van der Waals surface area contributed by atoms with Crippen LogP contribution in [0, 0.1) is 5.82 Å². The second kappa shape index (κ2) is 5.96. The van der Waals surface area contributed by atoms with E-state index in [0.29, 0.717) is 23.1 Å². The van der Waals surface area contributed by atoms with Gasteiger partial charge in [0.25, 0.3) is 0 Å². The molecule has 0 aliphatic carbocycles. The van der Waals surface area contributed by atoms with Crippen molar-refractivity contribution < 1.29 is 4.39 Å². The van der Waals surface area contributed by atoms with E-state index >= 15 is 0 Å². The third kappa shape index (κ3) is 2.89. The van der Waals surface area contributed by atoms with Crippen LogP contribution in [0.4, 0.5) is 4.39 Å². The smallest absolute Gasteiger partial charge is 0.215 e. The summed E-state index contributed by atoms with van der Waals surface area (Å²) in [5.74, 6) is 0.186. The number of H-pyrrole nitrogens is 1. The van der Waals surface area contributed by atoms with Gasteiger partial charge in [-0.2, -0.15) is 0 Å². The van der Waals surface area contributed by atoms with Crippen molar-refractivity contribution in [3.63, 3.8) is 0 Å². The highest BCUT2D eigenvalue weighted by molar-refractivity contribution is 7.99. The van der Waals surface area contributed by atoms with E-state index in [2.05, 4.69) is 30.1 Å². The molecule has 0 aromatic carbocycles. The molecule has 21 heavy (non-hydrogen) atoms. The monoisotopic (exact) mass is 302 g/mol. The molecule has 1 N–H and O–H groups in total. The minimum absolute atomic E-state index is 0.224. The van der Waals surface area contributed by atoms with Gasteiger partial charge in [-0.15, -0.1) is 5.10 Å². The average Bonchev–Trinajstić information content (AvgIpc) is 2.99. The van der Waals surface area contributed by atoms with Gasteiger partial charge >= 0.3 is 0 Å². The lowest BCUT2D eigenvalue weighted by Crippen LogP contribution is -1.97. The minimum Gasteiger partial charge on any atom is -0.265 e. The number of aryl methyl sites for hydroxylation is 1. The van der Waals surface area contributed by atoms with Gasteiger partial charge in [0.2, 0.25) is 5.16 Å². The Morgan fingerprint density at radius 1 is 1.24 bits per heavy atom. The number of nitrogens with zero attached hydrogens (tertiary/aromatic N) is 5. The molecular formula is C13H11FN6S. The lowest BCUT2D eigenvalue weighted by atomic mass is 10.3. The van der Waals surface area contributed by atoms with Crippen molar-refractivity contribution in [1.82, 2.24) is 30.1 Å². The number of nitrogens with one attached hydrogen (secondary N) is 1. The van der Waals surface area contributed by atoms with Crippen molar-refractivity contribution in [2.24, 2.45) is 0 Å². The Hall–Kier alpha value is -2.35. The molecule has 0 aliphatic heterocycles. The molecule has 0 fully saturated rings. The van der Waals surface area contributed by atoms with Crippen molar-refractivity contribution in [1.29, 1.82) is 0 Å². The highest BCUT2D eigenvalue weighted by Crippen LogP contribution is 2.27. The molecule has 0 spiro atoms. The number of aromatic amines is 1. The zero-order valence-corrected chi connectivity index (χ0v) is 11.9. The standard InChI is InChI=1S/C13H11FN6S/c1-2-9-10(14)12(17-7-16-9)21-13-18-11(19-20-13)8-3-5-15-6-4-8/h3-7H,2H2,1H3,(H,18,19,20). The Bertz CT molecular complexity index is 745. The number of pyridine rings is 1. The van der Waals surface area contributed by atoms with Crippen molar-refractivity contribution in [2.45, 2.75) is 23.5 Å². The number of halogens is 1. The van der Waals surface area contributed by atoms with E-state index in [1.807, 2.05) is 19.1 Å². The number of rotatable bonds is 4. The van der Waals surface area contributed by atoms with E-state index in [-0.39, 0.29) is 5.03 Å². The van der Waals surface area contributed by atoms with Gasteiger partial charge in [-0.05, 0) is 30.3 Å². The van der Waals surface area contributed by atoms with Crippen LogP contribution < -0.4 is 0 Å². The molecule has 0 bridgehead atoms. The minimum atomic E-state index is -0.416. The second-order valence-corrected chi connectivity index (χ2v) is 5.05. The van der Waals surface area contributed by atoms with Crippen LogP contribution >= 0.6 is 11.8 Å². The highest BCUT2D eigenvalue weighted by Gasteiger charge is 2.14. The predicted octanol–water partition coefficient (Wildman–Crippen LogP) is 2.51. The second-order valence-electron chi connectivity index (χ2n) is 4.10. The molecule has 6 nitrogen and oxygen atoms in total. The third-order valence-corrected chi connectivity index (χ3v) is 3.61. The molecule has 0 atom stereocenters. The molecule has 106 valence electrons. The zero-order valence-electron chi connectivity index (χ0n) is 11.1. The summed E-state index contributed by atoms with van der Waals surface area (Å²) >= 11 is 1.06. The molecule has 8 heteroatoms. The SMILES string of the molecule is CCc1ncnc(Sc2n[nH]c(-c3ccncc3)n2)c1F. The van der Waals surface area contributed by atoms with Crippen molar-refractivity contribution in [2.75, 3.05) is 0 Å². The zero-order chi connectivity index (χ0) is 14.7. The number of hydrogen-bond acceptors (Lipinski definition) is 6. The van der Waals surface area contributed by atoms with E-state index in [4.69, 9.17) is 0 Å². The molecule has 0 unspecified atom stereocenters. The molecule has 0 saturated heterocycles. The van der Waals surface area contributed by atoms with Gasteiger partial charge in [-0.1, -0.05) is 6.92 Å². The first-order valence-corrected chi connectivity index (χ1v) is 7.09. The molecule has 3 heterocycles. The Morgan fingerprint density at radius 3 is 2.81 bits per heavy atom. The Kier molecular flexibility index (Phi) is 3.87. The quantitative estimate of drug-likeness (QED) is 0.746. The maximum atomic E-state index is 14.1. The van der Waals surface area contributed by atoms with Crippen LogP contribution in [-0.2, 0) is 6.42 Å². The molecule has 3 aromatic rings. The molecule has 0 radical (unpaired) electrons. The number of aromatic nitrogens is 6. The van der Waals surface area contributed by atoms with Crippen LogP contribution in [0.5, 0.6) is 0 Å². The molecular weight excluding hydrogens is 291 g/mol. The lowest BCUT2D eigenvalue weighted by Gasteiger charge is -2.01. The van der Waals surface area contributed by atoms with E-state index in [1.165, 1.54) is 6.33 Å². The van der Waals surface area contributed by atoms with Gasteiger partial charge in [-0.3, -0.25) is 10.1 Å². The summed E-state index contributed by atoms with van der Waals surface area (Å²) in [5.41, 5.74) is 1.25.